The topological polar surface area (TPSA) is 70.6 Å². The summed E-state index contributed by atoms with van der Waals surface area (Å²) in [5.41, 5.74) is -0.149. The van der Waals surface area contributed by atoms with Crippen LogP contribution in [0.25, 0.3) is 0 Å². The Bertz CT molecular complexity index is 452. The van der Waals surface area contributed by atoms with Crippen LogP contribution in [0.5, 0.6) is 5.75 Å². The number of hydrogen-bond donors (Lipinski definition) is 3. The lowest BCUT2D eigenvalue weighted by atomic mass is 9.90. The molecule has 1 aromatic rings. The number of carbonyl (C=O) groups is 1. The molecule has 0 saturated heterocycles. The van der Waals surface area contributed by atoms with Crippen LogP contribution in [0, 0.1) is 11.2 Å². The number of carbonyl (C=O) groups excluding carboxylic acids is 1. The predicted molar refractivity (Wildman–Crippen MR) is 78.8 cm³/mol. The van der Waals surface area contributed by atoms with Crippen molar-refractivity contribution in [3.05, 3.63) is 30.1 Å². The second-order valence-corrected chi connectivity index (χ2v) is 5.55. The maximum atomic E-state index is 12.9. The average Bonchev–Trinajstić information content (AvgIpc) is 2.42. The maximum absolute atomic E-state index is 12.9. The van der Waals surface area contributed by atoms with E-state index in [9.17, 15) is 9.18 Å². The van der Waals surface area contributed by atoms with Crippen molar-refractivity contribution < 1.29 is 19.0 Å². The quantitative estimate of drug-likeness (QED) is 0.642. The largest absolute Gasteiger partial charge is 0.492 e. The van der Waals surface area contributed by atoms with E-state index in [-0.39, 0.29) is 30.5 Å². The number of halogens is 1. The van der Waals surface area contributed by atoms with Crippen molar-refractivity contribution in [3.8, 4) is 5.75 Å². The normalized spacial score (nSPS) is 11.0. The lowest BCUT2D eigenvalue weighted by Crippen LogP contribution is -2.42. The van der Waals surface area contributed by atoms with Gasteiger partial charge in [-0.1, -0.05) is 19.9 Å². The second kappa shape index (κ2) is 8.46. The molecule has 2 amide bonds. The summed E-state index contributed by atoms with van der Waals surface area (Å²) < 4.78 is 18.2. The molecule has 0 aliphatic heterocycles. The van der Waals surface area contributed by atoms with Crippen molar-refractivity contribution in [2.45, 2.75) is 20.3 Å². The fraction of sp³-hybridized carbons (Fsp3) is 0.533. The molecule has 118 valence electrons. The third-order valence-electron chi connectivity index (χ3n) is 2.97. The Morgan fingerprint density at radius 2 is 2.14 bits per heavy atom. The molecule has 0 aliphatic rings. The summed E-state index contributed by atoms with van der Waals surface area (Å²) in [5, 5.41) is 14.3. The van der Waals surface area contributed by atoms with E-state index in [0.717, 1.165) is 0 Å². The van der Waals surface area contributed by atoms with Gasteiger partial charge in [0.25, 0.3) is 0 Å². The Balaban J connectivity index is 2.16. The lowest BCUT2D eigenvalue weighted by molar-refractivity contribution is 0.200. The lowest BCUT2D eigenvalue weighted by Gasteiger charge is -2.23. The van der Waals surface area contributed by atoms with Gasteiger partial charge in [0.1, 0.15) is 18.2 Å². The highest BCUT2D eigenvalue weighted by Gasteiger charge is 2.17. The number of amides is 2. The molecule has 0 saturated carbocycles. The third-order valence-corrected chi connectivity index (χ3v) is 2.97. The monoisotopic (exact) mass is 298 g/mol. The Morgan fingerprint density at radius 3 is 2.81 bits per heavy atom. The van der Waals surface area contributed by atoms with Crippen molar-refractivity contribution in [2.24, 2.45) is 5.41 Å². The zero-order valence-corrected chi connectivity index (χ0v) is 12.5. The van der Waals surface area contributed by atoms with Gasteiger partial charge in [0.05, 0.1) is 6.54 Å². The van der Waals surface area contributed by atoms with Gasteiger partial charge in [-0.3, -0.25) is 0 Å². The number of benzene rings is 1. The molecule has 0 spiro atoms. The molecule has 3 N–H and O–H groups in total. The van der Waals surface area contributed by atoms with Crippen LogP contribution >= 0.6 is 0 Å². The highest BCUT2D eigenvalue weighted by Crippen LogP contribution is 2.17. The highest BCUT2D eigenvalue weighted by atomic mass is 19.1. The van der Waals surface area contributed by atoms with Gasteiger partial charge in [-0.05, 0) is 24.0 Å². The highest BCUT2D eigenvalue weighted by molar-refractivity contribution is 5.73. The van der Waals surface area contributed by atoms with Gasteiger partial charge in [-0.25, -0.2) is 9.18 Å². The van der Waals surface area contributed by atoms with E-state index < -0.39 is 0 Å². The van der Waals surface area contributed by atoms with Crippen LogP contribution in [-0.2, 0) is 0 Å². The minimum absolute atomic E-state index is 0.0950. The van der Waals surface area contributed by atoms with Crippen molar-refractivity contribution in [1.29, 1.82) is 0 Å². The predicted octanol–water partition coefficient (Wildman–Crippen LogP) is 1.91. The van der Waals surface area contributed by atoms with Crippen LogP contribution in [0.2, 0.25) is 0 Å². The number of aliphatic hydroxyl groups is 1. The molecule has 0 atom stereocenters. The van der Waals surface area contributed by atoms with Crippen LogP contribution in [0.1, 0.15) is 20.3 Å². The van der Waals surface area contributed by atoms with E-state index in [4.69, 9.17) is 9.84 Å². The number of ether oxygens (including phenoxy) is 1. The molecular formula is C15H23FN2O3. The fourth-order valence-electron chi connectivity index (χ4n) is 1.66. The van der Waals surface area contributed by atoms with Crippen LogP contribution < -0.4 is 15.4 Å². The molecule has 0 bridgehead atoms. The van der Waals surface area contributed by atoms with Gasteiger partial charge in [-0.15, -0.1) is 0 Å². The van der Waals surface area contributed by atoms with E-state index >= 15 is 0 Å². The molecule has 21 heavy (non-hydrogen) atoms. The summed E-state index contributed by atoms with van der Waals surface area (Å²) in [4.78, 5) is 11.6. The van der Waals surface area contributed by atoms with Gasteiger partial charge in [-0.2, -0.15) is 0 Å². The Hall–Kier alpha value is -1.82. The molecule has 0 unspecified atom stereocenters. The average molecular weight is 298 g/mol. The van der Waals surface area contributed by atoms with Gasteiger partial charge in [0, 0.05) is 19.2 Å². The Labute approximate surface area is 124 Å². The first-order valence-corrected chi connectivity index (χ1v) is 6.94. The van der Waals surface area contributed by atoms with Gasteiger partial charge in [0.15, 0.2) is 0 Å². The number of urea groups is 1. The zero-order valence-electron chi connectivity index (χ0n) is 12.5. The van der Waals surface area contributed by atoms with Crippen LogP contribution in [0.15, 0.2) is 24.3 Å². The summed E-state index contributed by atoms with van der Waals surface area (Å²) in [5.74, 6) is 0.0746. The fourth-order valence-corrected chi connectivity index (χ4v) is 1.66. The standard InChI is InChI=1S/C15H23FN2O3/c1-15(2,6-8-19)11-18-14(20)17-7-9-21-13-5-3-4-12(16)10-13/h3-5,10,19H,6-9,11H2,1-2H3,(H2,17,18,20). The van der Waals surface area contributed by atoms with Crippen molar-refractivity contribution >= 4 is 6.03 Å². The van der Waals surface area contributed by atoms with E-state index in [1.54, 1.807) is 12.1 Å². The van der Waals surface area contributed by atoms with Gasteiger partial charge < -0.3 is 20.5 Å². The van der Waals surface area contributed by atoms with Gasteiger partial charge >= 0.3 is 6.03 Å². The molecule has 1 aromatic carbocycles. The molecular weight excluding hydrogens is 275 g/mol. The van der Waals surface area contributed by atoms with Crippen LogP contribution in [-0.4, -0.2) is 37.4 Å². The zero-order chi connectivity index (χ0) is 15.7. The SMILES string of the molecule is CC(C)(CCO)CNC(=O)NCCOc1cccc(F)c1. The van der Waals surface area contributed by atoms with Crippen LogP contribution in [0.3, 0.4) is 0 Å². The smallest absolute Gasteiger partial charge is 0.314 e. The molecule has 0 aliphatic carbocycles. The number of rotatable bonds is 8. The van der Waals surface area contributed by atoms with E-state index in [1.165, 1.54) is 12.1 Å². The minimum atomic E-state index is -0.357. The van der Waals surface area contributed by atoms with E-state index in [1.807, 2.05) is 13.8 Å². The molecule has 1 rings (SSSR count). The Morgan fingerprint density at radius 1 is 1.38 bits per heavy atom. The summed E-state index contributed by atoms with van der Waals surface area (Å²) in [6, 6.07) is 5.56. The first-order chi connectivity index (χ1) is 9.93. The third kappa shape index (κ3) is 7.51. The molecule has 6 heteroatoms. The van der Waals surface area contributed by atoms with E-state index in [0.29, 0.717) is 25.3 Å². The molecule has 0 fully saturated rings. The van der Waals surface area contributed by atoms with Crippen molar-refractivity contribution in [1.82, 2.24) is 10.6 Å². The molecule has 0 heterocycles. The number of aliphatic hydroxyl groups excluding tert-OH is 1. The molecule has 0 aromatic heterocycles. The first kappa shape index (κ1) is 17.2. The molecule has 0 radical (unpaired) electrons. The van der Waals surface area contributed by atoms with Crippen LogP contribution in [0.4, 0.5) is 9.18 Å². The second-order valence-electron chi connectivity index (χ2n) is 5.55. The van der Waals surface area contributed by atoms with Gasteiger partial charge in [0.2, 0.25) is 0 Å². The first-order valence-electron chi connectivity index (χ1n) is 6.94. The number of hydrogen-bond acceptors (Lipinski definition) is 3. The summed E-state index contributed by atoms with van der Waals surface area (Å²) in [7, 11) is 0. The number of nitrogens with one attached hydrogen (secondary N) is 2. The molecule has 5 nitrogen and oxygen atoms in total. The summed E-state index contributed by atoms with van der Waals surface area (Å²) in [6.07, 6.45) is 0.621. The Kier molecular flexibility index (Phi) is 6.94. The van der Waals surface area contributed by atoms with E-state index in [2.05, 4.69) is 10.6 Å². The van der Waals surface area contributed by atoms with Crippen molar-refractivity contribution in [2.75, 3.05) is 26.3 Å². The van der Waals surface area contributed by atoms with Crippen molar-refractivity contribution in [3.63, 3.8) is 0 Å². The minimum Gasteiger partial charge on any atom is -0.492 e. The summed E-state index contributed by atoms with van der Waals surface area (Å²) >= 11 is 0. The maximum Gasteiger partial charge on any atom is 0.314 e. The summed E-state index contributed by atoms with van der Waals surface area (Å²) in [6.45, 7) is 5.09.